The topological polar surface area (TPSA) is 62.7 Å². The first-order chi connectivity index (χ1) is 10.8. The van der Waals surface area contributed by atoms with Gasteiger partial charge in [-0.05, 0) is 31.0 Å². The second-order valence-corrected chi connectivity index (χ2v) is 6.55. The van der Waals surface area contributed by atoms with Gasteiger partial charge in [-0.3, -0.25) is 0 Å². The summed E-state index contributed by atoms with van der Waals surface area (Å²) in [6.07, 6.45) is 9.37. The van der Waals surface area contributed by atoms with E-state index < -0.39 is 0 Å². The molecule has 1 aromatic carbocycles. The second-order valence-electron chi connectivity index (χ2n) is 5.63. The number of hydrogen-bond donors (Lipinski definition) is 2. The average Bonchev–Trinajstić information content (AvgIpc) is 2.76. The van der Waals surface area contributed by atoms with Gasteiger partial charge in [0.1, 0.15) is 0 Å². The van der Waals surface area contributed by atoms with Crippen LogP contribution in [0, 0.1) is 0 Å². The van der Waals surface area contributed by atoms with Crippen LogP contribution in [0.3, 0.4) is 0 Å². The molecule has 116 valence electrons. The van der Waals surface area contributed by atoms with E-state index in [-0.39, 0.29) is 0 Å². The van der Waals surface area contributed by atoms with Crippen molar-refractivity contribution in [3.63, 3.8) is 0 Å². The van der Waals surface area contributed by atoms with Gasteiger partial charge in [0.15, 0.2) is 5.82 Å². The molecule has 0 atom stereocenters. The number of rotatable bonds is 4. The highest BCUT2D eigenvalue weighted by molar-refractivity contribution is 9.10. The highest BCUT2D eigenvalue weighted by atomic mass is 79.9. The molecule has 2 N–H and O–H groups in total. The lowest BCUT2D eigenvalue weighted by Crippen LogP contribution is -2.19. The summed E-state index contributed by atoms with van der Waals surface area (Å²) in [4.78, 5) is 4.51. The maximum Gasteiger partial charge on any atom is 0.249 e. The molecule has 1 aliphatic rings. The lowest BCUT2D eigenvalue weighted by Gasteiger charge is -2.16. The largest absolute Gasteiger partial charge is 0.366 e. The van der Waals surface area contributed by atoms with E-state index in [0.29, 0.717) is 12.0 Å². The van der Waals surface area contributed by atoms with E-state index in [0.717, 1.165) is 16.0 Å². The number of aromatic nitrogens is 3. The molecule has 3 rings (SSSR count). The number of anilines is 3. The van der Waals surface area contributed by atoms with Gasteiger partial charge in [-0.1, -0.05) is 47.7 Å². The predicted octanol–water partition coefficient (Wildman–Crippen LogP) is 4.51. The van der Waals surface area contributed by atoms with E-state index >= 15 is 0 Å². The predicted molar refractivity (Wildman–Crippen MR) is 92.4 cm³/mol. The third-order valence-electron chi connectivity index (χ3n) is 3.85. The number of halogens is 1. The second kappa shape index (κ2) is 7.54. The maximum atomic E-state index is 4.51. The van der Waals surface area contributed by atoms with Crippen LogP contribution >= 0.6 is 15.9 Å². The summed E-state index contributed by atoms with van der Waals surface area (Å²) < 4.78 is 1.01. The number of nitrogens with one attached hydrogen (secondary N) is 2. The molecular formula is C16H20BrN5. The SMILES string of the molecule is Brc1cccc(Nc2nncc(NC3CCCCCC3)n2)c1. The lowest BCUT2D eigenvalue weighted by atomic mass is 10.1. The van der Waals surface area contributed by atoms with Gasteiger partial charge in [0.05, 0.1) is 6.20 Å². The molecule has 1 saturated carbocycles. The van der Waals surface area contributed by atoms with E-state index in [2.05, 4.69) is 41.7 Å². The van der Waals surface area contributed by atoms with E-state index in [1.807, 2.05) is 24.3 Å². The molecule has 22 heavy (non-hydrogen) atoms. The molecule has 1 fully saturated rings. The fraction of sp³-hybridized carbons (Fsp3) is 0.438. The zero-order valence-corrected chi connectivity index (χ0v) is 14.0. The van der Waals surface area contributed by atoms with Crippen molar-refractivity contribution in [1.82, 2.24) is 15.2 Å². The third kappa shape index (κ3) is 4.40. The number of benzene rings is 1. The van der Waals surface area contributed by atoms with Gasteiger partial charge in [0.2, 0.25) is 5.95 Å². The normalized spacial score (nSPS) is 16.0. The average molecular weight is 362 g/mol. The Hall–Kier alpha value is -1.69. The first kappa shape index (κ1) is 15.2. The summed E-state index contributed by atoms with van der Waals surface area (Å²) in [5, 5.41) is 14.8. The van der Waals surface area contributed by atoms with Crippen LogP contribution in [0.4, 0.5) is 17.5 Å². The molecule has 6 heteroatoms. The summed E-state index contributed by atoms with van der Waals surface area (Å²) >= 11 is 3.45. The Morgan fingerprint density at radius 2 is 1.91 bits per heavy atom. The van der Waals surface area contributed by atoms with Gasteiger partial charge >= 0.3 is 0 Å². The number of nitrogens with zero attached hydrogens (tertiary/aromatic N) is 3. The summed E-state index contributed by atoms with van der Waals surface area (Å²) in [6.45, 7) is 0. The molecule has 0 saturated heterocycles. The van der Waals surface area contributed by atoms with Crippen LogP contribution in [0.2, 0.25) is 0 Å². The standard InChI is InChI=1S/C16H20BrN5/c17-12-6-5-9-14(10-12)20-16-21-15(11-18-22-16)19-13-7-3-1-2-4-8-13/h5-6,9-11,13H,1-4,7-8H2,(H2,19,20,21,22). The lowest BCUT2D eigenvalue weighted by molar-refractivity contribution is 0.617. The van der Waals surface area contributed by atoms with Crippen molar-refractivity contribution in [3.05, 3.63) is 34.9 Å². The first-order valence-electron chi connectivity index (χ1n) is 7.78. The molecule has 0 aliphatic heterocycles. The Balaban J connectivity index is 1.66. The van der Waals surface area contributed by atoms with Crippen LogP contribution in [0.1, 0.15) is 38.5 Å². The van der Waals surface area contributed by atoms with E-state index in [1.165, 1.54) is 38.5 Å². The molecule has 5 nitrogen and oxygen atoms in total. The molecule has 2 aromatic rings. The maximum absolute atomic E-state index is 4.51. The van der Waals surface area contributed by atoms with Gasteiger partial charge in [-0.25, -0.2) is 0 Å². The van der Waals surface area contributed by atoms with Crippen molar-refractivity contribution < 1.29 is 0 Å². The minimum Gasteiger partial charge on any atom is -0.366 e. The smallest absolute Gasteiger partial charge is 0.249 e. The van der Waals surface area contributed by atoms with Crippen molar-refractivity contribution in [1.29, 1.82) is 0 Å². The third-order valence-corrected chi connectivity index (χ3v) is 4.34. The van der Waals surface area contributed by atoms with E-state index in [1.54, 1.807) is 6.20 Å². The Morgan fingerprint density at radius 3 is 2.68 bits per heavy atom. The van der Waals surface area contributed by atoms with Crippen molar-refractivity contribution >= 4 is 33.4 Å². The quantitative estimate of drug-likeness (QED) is 0.784. The van der Waals surface area contributed by atoms with Gasteiger partial charge in [-0.15, -0.1) is 5.10 Å². The van der Waals surface area contributed by atoms with Crippen molar-refractivity contribution in [3.8, 4) is 0 Å². The minimum atomic E-state index is 0.498. The highest BCUT2D eigenvalue weighted by Crippen LogP contribution is 2.21. The van der Waals surface area contributed by atoms with Gasteiger partial charge in [0, 0.05) is 16.2 Å². The van der Waals surface area contributed by atoms with Crippen molar-refractivity contribution in [2.45, 2.75) is 44.6 Å². The Morgan fingerprint density at radius 1 is 1.09 bits per heavy atom. The van der Waals surface area contributed by atoms with E-state index in [9.17, 15) is 0 Å². The van der Waals surface area contributed by atoms with E-state index in [4.69, 9.17) is 0 Å². The first-order valence-corrected chi connectivity index (χ1v) is 8.58. The zero-order valence-electron chi connectivity index (χ0n) is 12.4. The van der Waals surface area contributed by atoms with Gasteiger partial charge in [-0.2, -0.15) is 10.1 Å². The molecule has 0 unspecified atom stereocenters. The van der Waals surface area contributed by atoms with Gasteiger partial charge in [0.25, 0.3) is 0 Å². The zero-order chi connectivity index (χ0) is 15.2. The Bertz CT molecular complexity index is 611. The number of hydrogen-bond acceptors (Lipinski definition) is 5. The van der Waals surface area contributed by atoms with Crippen LogP contribution < -0.4 is 10.6 Å². The fourth-order valence-corrected chi connectivity index (χ4v) is 3.15. The Kier molecular flexibility index (Phi) is 5.21. The van der Waals surface area contributed by atoms with Crippen LogP contribution in [0.5, 0.6) is 0 Å². The van der Waals surface area contributed by atoms with Crippen LogP contribution in [0.15, 0.2) is 34.9 Å². The van der Waals surface area contributed by atoms with Crippen LogP contribution in [0.25, 0.3) is 0 Å². The molecule has 0 spiro atoms. The monoisotopic (exact) mass is 361 g/mol. The fourth-order valence-electron chi connectivity index (χ4n) is 2.75. The van der Waals surface area contributed by atoms with Gasteiger partial charge < -0.3 is 10.6 Å². The summed E-state index contributed by atoms with van der Waals surface area (Å²) in [5.74, 6) is 1.30. The molecule has 1 heterocycles. The van der Waals surface area contributed by atoms with Crippen LogP contribution in [-0.4, -0.2) is 21.2 Å². The molecule has 0 bridgehead atoms. The Labute approximate surface area is 139 Å². The minimum absolute atomic E-state index is 0.498. The van der Waals surface area contributed by atoms with Crippen molar-refractivity contribution in [2.24, 2.45) is 0 Å². The molecule has 0 amide bonds. The summed E-state index contributed by atoms with van der Waals surface area (Å²) in [6, 6.07) is 8.40. The molecule has 0 radical (unpaired) electrons. The molecule has 1 aromatic heterocycles. The van der Waals surface area contributed by atoms with Crippen molar-refractivity contribution in [2.75, 3.05) is 10.6 Å². The van der Waals surface area contributed by atoms with Crippen LogP contribution in [-0.2, 0) is 0 Å². The molecule has 1 aliphatic carbocycles. The summed E-state index contributed by atoms with van der Waals surface area (Å²) in [7, 11) is 0. The highest BCUT2D eigenvalue weighted by Gasteiger charge is 2.13. The summed E-state index contributed by atoms with van der Waals surface area (Å²) in [5.41, 5.74) is 0.933. The molecular weight excluding hydrogens is 342 g/mol.